The molecule has 1 heterocycles. The van der Waals surface area contributed by atoms with E-state index in [1.165, 1.54) is 212 Å². The van der Waals surface area contributed by atoms with Gasteiger partial charge in [0.2, 0.25) is 5.91 Å². The average molecular weight is 949 g/mol. The van der Waals surface area contributed by atoms with Crippen LogP contribution in [0.15, 0.2) is 36.5 Å². The summed E-state index contributed by atoms with van der Waals surface area (Å²) >= 11 is 0. The fraction of sp³-hybridized carbons (Fsp3) is 0.879. The Morgan fingerprint density at radius 1 is 0.493 bits per heavy atom. The second-order valence-corrected chi connectivity index (χ2v) is 20.1. The van der Waals surface area contributed by atoms with Crippen LogP contribution in [0.1, 0.15) is 271 Å². The first kappa shape index (κ1) is 63.4. The number of hydrogen-bond acceptors (Lipinski definition) is 8. The summed E-state index contributed by atoms with van der Waals surface area (Å²) in [6.45, 7) is 3.75. The summed E-state index contributed by atoms with van der Waals surface area (Å²) in [5, 5.41) is 54.2. The third-order valence-electron chi connectivity index (χ3n) is 13.7. The highest BCUT2D eigenvalue weighted by Crippen LogP contribution is 2.23. The van der Waals surface area contributed by atoms with Crippen LogP contribution in [-0.2, 0) is 14.3 Å². The molecule has 0 aromatic heterocycles. The normalized spacial score (nSPS) is 19.9. The van der Waals surface area contributed by atoms with E-state index in [0.29, 0.717) is 6.42 Å². The van der Waals surface area contributed by atoms with Gasteiger partial charge in [0.1, 0.15) is 24.4 Å². The van der Waals surface area contributed by atoms with Gasteiger partial charge in [0.05, 0.1) is 25.4 Å². The van der Waals surface area contributed by atoms with E-state index in [1.54, 1.807) is 6.08 Å². The molecule has 7 unspecified atom stereocenters. The van der Waals surface area contributed by atoms with E-state index in [9.17, 15) is 30.3 Å². The van der Waals surface area contributed by atoms with Crippen molar-refractivity contribution >= 4 is 5.91 Å². The summed E-state index contributed by atoms with van der Waals surface area (Å²) in [5.41, 5.74) is 0. The second kappa shape index (κ2) is 48.1. The molecule has 6 N–H and O–H groups in total. The third kappa shape index (κ3) is 37.9. The number of unbranched alkanes of at least 4 members (excludes halogenated alkanes) is 35. The maximum atomic E-state index is 13.0. The van der Waals surface area contributed by atoms with Gasteiger partial charge in [0.15, 0.2) is 6.29 Å². The van der Waals surface area contributed by atoms with Gasteiger partial charge in [-0.25, -0.2) is 0 Å². The Bertz CT molecular complexity index is 1150. The minimum absolute atomic E-state index is 0.184. The van der Waals surface area contributed by atoms with Gasteiger partial charge in [0, 0.05) is 6.42 Å². The van der Waals surface area contributed by atoms with Crippen LogP contribution < -0.4 is 5.32 Å². The quantitative estimate of drug-likeness (QED) is 0.0261. The largest absolute Gasteiger partial charge is 0.394 e. The van der Waals surface area contributed by atoms with Crippen LogP contribution in [0.5, 0.6) is 0 Å². The Kier molecular flexibility index (Phi) is 45.5. The molecule has 1 aliphatic rings. The highest BCUT2D eigenvalue weighted by Gasteiger charge is 2.44. The summed E-state index contributed by atoms with van der Waals surface area (Å²) in [4.78, 5) is 13.0. The second-order valence-electron chi connectivity index (χ2n) is 20.1. The molecule has 0 aliphatic carbocycles. The Labute approximate surface area is 412 Å². The van der Waals surface area contributed by atoms with E-state index in [2.05, 4.69) is 43.5 Å². The molecule has 0 saturated carbocycles. The van der Waals surface area contributed by atoms with Gasteiger partial charge in [-0.15, -0.1) is 0 Å². The Hall–Kier alpha value is -1.59. The number of carbonyl (C=O) groups is 1. The molecule has 9 heteroatoms. The van der Waals surface area contributed by atoms with Crippen LogP contribution in [0, 0.1) is 0 Å². The van der Waals surface area contributed by atoms with Crippen LogP contribution in [-0.4, -0.2) is 87.5 Å². The molecule has 0 spiro atoms. The van der Waals surface area contributed by atoms with Gasteiger partial charge in [0.25, 0.3) is 0 Å². The lowest BCUT2D eigenvalue weighted by molar-refractivity contribution is -0.302. The molecule has 1 saturated heterocycles. The molecular formula is C58H109NO8. The number of aliphatic hydroxyl groups is 5. The SMILES string of the molecule is CCCCCCC/C=C/CC/C=C/C(O)C(COC1OC(CO)C(O)C(O)C1O)NC(=O)CCCCCCCCCCCCCCCCCCCCCCC/C=C\CCCCCCCCCC. The van der Waals surface area contributed by atoms with Crippen LogP contribution in [0.4, 0.5) is 0 Å². The zero-order valence-corrected chi connectivity index (χ0v) is 43.7. The van der Waals surface area contributed by atoms with Crippen molar-refractivity contribution in [3.05, 3.63) is 36.5 Å². The standard InChI is InChI=1S/C58H109NO8/c1-3-5-7-9-11-13-15-16-17-18-19-20-21-22-23-24-25-26-27-28-29-30-31-32-33-34-35-36-38-40-42-44-46-48-54(62)59-51(50-66-58-57(65)56(64)55(63)53(49-60)67-58)52(61)47-45-43-41-39-37-14-12-10-8-6-4-2/h18-19,37,39,45,47,51-53,55-58,60-61,63-65H,3-17,20-36,38,40-44,46,48-50H2,1-2H3,(H,59,62)/b19-18-,39-37+,47-45+. The van der Waals surface area contributed by atoms with Gasteiger partial charge in [-0.2, -0.15) is 0 Å². The molecule has 0 aromatic carbocycles. The molecule has 1 amide bonds. The predicted molar refractivity (Wildman–Crippen MR) is 281 cm³/mol. The summed E-state index contributed by atoms with van der Waals surface area (Å²) in [6.07, 6.45) is 55.3. The van der Waals surface area contributed by atoms with Crippen LogP contribution in [0.25, 0.3) is 0 Å². The third-order valence-corrected chi connectivity index (χ3v) is 13.7. The van der Waals surface area contributed by atoms with Gasteiger partial charge in [-0.3, -0.25) is 4.79 Å². The first-order valence-corrected chi connectivity index (χ1v) is 28.7. The molecule has 0 bridgehead atoms. The smallest absolute Gasteiger partial charge is 0.220 e. The van der Waals surface area contributed by atoms with Crippen molar-refractivity contribution in [3.63, 3.8) is 0 Å². The maximum absolute atomic E-state index is 13.0. The molecule has 0 aromatic rings. The lowest BCUT2D eigenvalue weighted by atomic mass is 9.99. The van der Waals surface area contributed by atoms with E-state index in [-0.39, 0.29) is 12.5 Å². The first-order valence-electron chi connectivity index (χ1n) is 28.7. The lowest BCUT2D eigenvalue weighted by Gasteiger charge is -2.40. The van der Waals surface area contributed by atoms with Gasteiger partial charge in [-0.1, -0.05) is 243 Å². The number of ether oxygens (including phenoxy) is 2. The van der Waals surface area contributed by atoms with Gasteiger partial charge in [-0.05, 0) is 57.8 Å². The topological polar surface area (TPSA) is 149 Å². The average Bonchev–Trinajstić information content (AvgIpc) is 3.33. The van der Waals surface area contributed by atoms with Crippen LogP contribution in [0.2, 0.25) is 0 Å². The monoisotopic (exact) mass is 948 g/mol. The Morgan fingerprint density at radius 2 is 0.851 bits per heavy atom. The number of allylic oxidation sites excluding steroid dienone is 5. The number of amides is 1. The van der Waals surface area contributed by atoms with Crippen molar-refractivity contribution in [1.29, 1.82) is 0 Å². The summed E-state index contributed by atoms with van der Waals surface area (Å²) in [6, 6.07) is -0.818. The van der Waals surface area contributed by atoms with Gasteiger partial charge < -0.3 is 40.3 Å². The number of carbonyl (C=O) groups excluding carboxylic acids is 1. The minimum Gasteiger partial charge on any atom is -0.394 e. The molecule has 1 rings (SSSR count). The van der Waals surface area contributed by atoms with Crippen molar-refractivity contribution in [1.82, 2.24) is 5.32 Å². The molecule has 1 fully saturated rings. The molecular weight excluding hydrogens is 839 g/mol. The van der Waals surface area contributed by atoms with Crippen molar-refractivity contribution in [2.45, 2.75) is 314 Å². The Morgan fingerprint density at radius 3 is 1.25 bits per heavy atom. The van der Waals surface area contributed by atoms with Crippen LogP contribution in [0.3, 0.4) is 0 Å². The fourth-order valence-corrected chi connectivity index (χ4v) is 9.11. The molecule has 1 aliphatic heterocycles. The molecule has 0 radical (unpaired) electrons. The van der Waals surface area contributed by atoms with E-state index in [4.69, 9.17) is 9.47 Å². The zero-order chi connectivity index (χ0) is 48.7. The Balaban J connectivity index is 2.08. The molecule has 7 atom stereocenters. The van der Waals surface area contributed by atoms with Crippen molar-refractivity contribution in [3.8, 4) is 0 Å². The van der Waals surface area contributed by atoms with Crippen molar-refractivity contribution in [2.75, 3.05) is 13.2 Å². The van der Waals surface area contributed by atoms with E-state index >= 15 is 0 Å². The molecule has 67 heavy (non-hydrogen) atoms. The highest BCUT2D eigenvalue weighted by molar-refractivity contribution is 5.76. The van der Waals surface area contributed by atoms with Crippen molar-refractivity contribution < 1.29 is 39.8 Å². The summed E-state index contributed by atoms with van der Waals surface area (Å²) < 4.78 is 11.2. The van der Waals surface area contributed by atoms with E-state index in [1.807, 2.05) is 6.08 Å². The number of nitrogens with one attached hydrogen (secondary N) is 1. The first-order chi connectivity index (χ1) is 32.8. The highest BCUT2D eigenvalue weighted by atomic mass is 16.7. The maximum Gasteiger partial charge on any atom is 0.220 e. The summed E-state index contributed by atoms with van der Waals surface area (Å²) in [5.74, 6) is -0.184. The molecule has 9 nitrogen and oxygen atoms in total. The number of hydrogen-bond donors (Lipinski definition) is 6. The molecule has 394 valence electrons. The minimum atomic E-state index is -1.57. The van der Waals surface area contributed by atoms with Crippen molar-refractivity contribution in [2.24, 2.45) is 0 Å². The predicted octanol–water partition coefficient (Wildman–Crippen LogP) is 14.0. The lowest BCUT2D eigenvalue weighted by Crippen LogP contribution is -2.60. The summed E-state index contributed by atoms with van der Waals surface area (Å²) in [7, 11) is 0. The van der Waals surface area contributed by atoms with Gasteiger partial charge >= 0.3 is 0 Å². The zero-order valence-electron chi connectivity index (χ0n) is 43.7. The number of rotatable bonds is 49. The fourth-order valence-electron chi connectivity index (χ4n) is 9.11. The van der Waals surface area contributed by atoms with E-state index < -0.39 is 49.5 Å². The number of aliphatic hydroxyl groups excluding tert-OH is 5. The van der Waals surface area contributed by atoms with Crippen LogP contribution >= 0.6 is 0 Å². The van der Waals surface area contributed by atoms with E-state index in [0.717, 1.165) is 38.5 Å².